The van der Waals surface area contributed by atoms with Crippen LogP contribution in [0.3, 0.4) is 0 Å². The molecule has 114 valence electrons. The van der Waals surface area contributed by atoms with Crippen molar-refractivity contribution in [2.75, 3.05) is 13.2 Å². The molecule has 1 N–H and O–H groups in total. The lowest BCUT2D eigenvalue weighted by atomic mass is 9.93. The Morgan fingerprint density at radius 1 is 1.10 bits per heavy atom. The second-order valence-corrected chi connectivity index (χ2v) is 4.95. The van der Waals surface area contributed by atoms with Crippen LogP contribution < -0.4 is 5.32 Å². The van der Waals surface area contributed by atoms with Gasteiger partial charge in [-0.3, -0.25) is 14.9 Å². The first-order valence-electron chi connectivity index (χ1n) is 7.31. The van der Waals surface area contributed by atoms with E-state index >= 15 is 0 Å². The summed E-state index contributed by atoms with van der Waals surface area (Å²) in [6, 6.07) is 8.94. The van der Waals surface area contributed by atoms with Gasteiger partial charge in [-0.25, -0.2) is 0 Å². The third kappa shape index (κ3) is 3.61. The van der Waals surface area contributed by atoms with Gasteiger partial charge in [-0.1, -0.05) is 30.3 Å². The molecule has 1 saturated heterocycles. The maximum Gasteiger partial charge on any atom is 0.323 e. The van der Waals surface area contributed by atoms with Gasteiger partial charge in [0.1, 0.15) is 6.04 Å². The summed E-state index contributed by atoms with van der Waals surface area (Å²) < 4.78 is 10.2. The van der Waals surface area contributed by atoms with E-state index in [2.05, 4.69) is 5.32 Å². The largest absolute Gasteiger partial charge is 0.466 e. The highest BCUT2D eigenvalue weighted by Crippen LogP contribution is 2.34. The maximum atomic E-state index is 12.1. The Morgan fingerprint density at radius 2 is 1.71 bits per heavy atom. The molecule has 1 heterocycles. The van der Waals surface area contributed by atoms with Crippen LogP contribution in [0.5, 0.6) is 0 Å². The van der Waals surface area contributed by atoms with Crippen LogP contribution >= 0.6 is 0 Å². The zero-order valence-electron chi connectivity index (χ0n) is 12.4. The molecule has 2 rings (SSSR count). The van der Waals surface area contributed by atoms with Crippen LogP contribution in [0.25, 0.3) is 0 Å². The summed E-state index contributed by atoms with van der Waals surface area (Å²) in [5.74, 6) is -0.961. The predicted octanol–water partition coefficient (Wildman–Crippen LogP) is 1.83. The lowest BCUT2D eigenvalue weighted by Crippen LogP contribution is -2.33. The van der Waals surface area contributed by atoms with Gasteiger partial charge in [0.25, 0.3) is 0 Å². The first kappa shape index (κ1) is 15.5. The molecule has 0 bridgehead atoms. The third-order valence-electron chi connectivity index (χ3n) is 3.59. The molecule has 0 radical (unpaired) electrons. The number of carbonyl (C=O) groups is 2. The Bertz CT molecular complexity index is 488. The molecule has 3 atom stereocenters. The molecule has 21 heavy (non-hydrogen) atoms. The van der Waals surface area contributed by atoms with E-state index in [9.17, 15) is 9.59 Å². The molecule has 0 aliphatic carbocycles. The van der Waals surface area contributed by atoms with Gasteiger partial charge in [0, 0.05) is 6.04 Å². The van der Waals surface area contributed by atoms with Gasteiger partial charge < -0.3 is 9.47 Å². The fourth-order valence-corrected chi connectivity index (χ4v) is 2.67. The van der Waals surface area contributed by atoms with Crippen molar-refractivity contribution in [2.24, 2.45) is 5.92 Å². The number of esters is 2. The lowest BCUT2D eigenvalue weighted by molar-refractivity contribution is -0.148. The lowest BCUT2D eigenvalue weighted by Gasteiger charge is -2.18. The van der Waals surface area contributed by atoms with Gasteiger partial charge in [0.05, 0.1) is 19.1 Å². The van der Waals surface area contributed by atoms with Gasteiger partial charge in [-0.05, 0) is 25.8 Å². The summed E-state index contributed by atoms with van der Waals surface area (Å²) in [6.07, 6.45) is 0.400. The van der Waals surface area contributed by atoms with E-state index in [4.69, 9.17) is 9.47 Å². The van der Waals surface area contributed by atoms with Crippen LogP contribution in [0.15, 0.2) is 30.3 Å². The monoisotopic (exact) mass is 291 g/mol. The van der Waals surface area contributed by atoms with Gasteiger partial charge in [-0.15, -0.1) is 0 Å². The Balaban J connectivity index is 2.18. The summed E-state index contributed by atoms with van der Waals surface area (Å²) in [5.41, 5.74) is 0.974. The minimum atomic E-state index is -0.468. The second kappa shape index (κ2) is 7.22. The van der Waals surface area contributed by atoms with Crippen LogP contribution in [-0.2, 0) is 19.1 Å². The van der Waals surface area contributed by atoms with Crippen molar-refractivity contribution in [3.63, 3.8) is 0 Å². The van der Waals surface area contributed by atoms with Gasteiger partial charge in [-0.2, -0.15) is 0 Å². The molecule has 1 aliphatic heterocycles. The van der Waals surface area contributed by atoms with Crippen LogP contribution in [0, 0.1) is 5.92 Å². The molecule has 5 heteroatoms. The Labute approximate surface area is 124 Å². The van der Waals surface area contributed by atoms with Crippen LogP contribution in [0.4, 0.5) is 0 Å². The van der Waals surface area contributed by atoms with Crippen molar-refractivity contribution >= 4 is 11.9 Å². The smallest absolute Gasteiger partial charge is 0.323 e. The molecule has 0 amide bonds. The topological polar surface area (TPSA) is 64.6 Å². The summed E-state index contributed by atoms with van der Waals surface area (Å²) in [4.78, 5) is 24.1. The van der Waals surface area contributed by atoms with Crippen molar-refractivity contribution < 1.29 is 19.1 Å². The van der Waals surface area contributed by atoms with Gasteiger partial charge >= 0.3 is 11.9 Å². The molecule has 1 aliphatic rings. The quantitative estimate of drug-likeness (QED) is 0.839. The van der Waals surface area contributed by atoms with Crippen molar-refractivity contribution in [1.29, 1.82) is 0 Å². The summed E-state index contributed by atoms with van der Waals surface area (Å²) >= 11 is 0. The molecule has 1 fully saturated rings. The standard InChI is InChI=1S/C16H21NO4/c1-3-20-15(18)12-10-13(16(19)21-4-2)17-14(12)11-8-6-5-7-9-11/h5-9,12-14,17H,3-4,10H2,1-2H3/t12-,13-,14-/m1/s1. The maximum absolute atomic E-state index is 12.1. The van der Waals surface area contributed by atoms with E-state index in [0.717, 1.165) is 5.56 Å². The zero-order valence-corrected chi connectivity index (χ0v) is 12.4. The number of nitrogens with one attached hydrogen (secondary N) is 1. The van der Waals surface area contributed by atoms with E-state index in [0.29, 0.717) is 19.6 Å². The fraction of sp³-hybridized carbons (Fsp3) is 0.500. The average Bonchev–Trinajstić information content (AvgIpc) is 2.94. The Morgan fingerprint density at radius 3 is 2.33 bits per heavy atom. The van der Waals surface area contributed by atoms with Gasteiger partial charge in [0.2, 0.25) is 0 Å². The van der Waals surface area contributed by atoms with Crippen LogP contribution in [0.2, 0.25) is 0 Å². The molecule has 1 aromatic rings. The Hall–Kier alpha value is -1.88. The molecule has 0 saturated carbocycles. The molecular formula is C16H21NO4. The van der Waals surface area contributed by atoms with Crippen molar-refractivity contribution in [3.05, 3.63) is 35.9 Å². The predicted molar refractivity (Wildman–Crippen MR) is 77.5 cm³/mol. The Kier molecular flexibility index (Phi) is 5.33. The van der Waals surface area contributed by atoms with E-state index in [1.807, 2.05) is 30.3 Å². The number of ether oxygens (including phenoxy) is 2. The fourth-order valence-electron chi connectivity index (χ4n) is 2.67. The third-order valence-corrected chi connectivity index (χ3v) is 3.59. The second-order valence-electron chi connectivity index (χ2n) is 4.95. The highest BCUT2D eigenvalue weighted by atomic mass is 16.5. The van der Waals surface area contributed by atoms with Crippen molar-refractivity contribution in [3.8, 4) is 0 Å². The first-order chi connectivity index (χ1) is 10.2. The zero-order chi connectivity index (χ0) is 15.2. The SMILES string of the molecule is CCOC(=O)[C@H]1C[C@@H](C(=O)OCC)[C@@H](c2ccccc2)N1. The molecule has 1 aromatic carbocycles. The molecule has 0 aromatic heterocycles. The number of hydrogen-bond acceptors (Lipinski definition) is 5. The number of carbonyl (C=O) groups excluding carboxylic acids is 2. The van der Waals surface area contributed by atoms with Crippen LogP contribution in [0.1, 0.15) is 31.9 Å². The molecule has 0 unspecified atom stereocenters. The van der Waals surface area contributed by atoms with E-state index < -0.39 is 6.04 Å². The number of benzene rings is 1. The first-order valence-corrected chi connectivity index (χ1v) is 7.31. The number of hydrogen-bond donors (Lipinski definition) is 1. The van der Waals surface area contributed by atoms with E-state index in [-0.39, 0.29) is 23.9 Å². The average molecular weight is 291 g/mol. The van der Waals surface area contributed by atoms with E-state index in [1.54, 1.807) is 13.8 Å². The molecule has 5 nitrogen and oxygen atoms in total. The van der Waals surface area contributed by atoms with Crippen molar-refractivity contribution in [2.45, 2.75) is 32.4 Å². The van der Waals surface area contributed by atoms with Gasteiger partial charge in [0.15, 0.2) is 0 Å². The van der Waals surface area contributed by atoms with Crippen LogP contribution in [-0.4, -0.2) is 31.2 Å². The van der Waals surface area contributed by atoms with Crippen molar-refractivity contribution in [1.82, 2.24) is 5.32 Å². The van der Waals surface area contributed by atoms with E-state index in [1.165, 1.54) is 0 Å². The summed E-state index contributed by atoms with van der Waals surface area (Å²) in [5, 5.41) is 3.21. The normalized spacial score (nSPS) is 24.6. The highest BCUT2D eigenvalue weighted by molar-refractivity contribution is 5.80. The highest BCUT2D eigenvalue weighted by Gasteiger charge is 2.43. The minimum absolute atomic E-state index is 0.223. The summed E-state index contributed by atoms with van der Waals surface area (Å²) in [7, 11) is 0. The number of rotatable bonds is 5. The molecular weight excluding hydrogens is 270 g/mol. The minimum Gasteiger partial charge on any atom is -0.466 e. The summed E-state index contributed by atoms with van der Waals surface area (Å²) in [6.45, 7) is 4.21. The molecule has 0 spiro atoms.